The van der Waals surface area contributed by atoms with Crippen LogP contribution in [0.25, 0.3) is 0 Å². The van der Waals surface area contributed by atoms with E-state index in [0.29, 0.717) is 30.3 Å². The number of aliphatic hydroxyl groups excluding tert-OH is 1. The third-order valence-corrected chi connectivity index (χ3v) is 3.51. The van der Waals surface area contributed by atoms with Gasteiger partial charge in [-0.3, -0.25) is 9.69 Å². The number of ether oxygens (including phenoxy) is 1. The highest BCUT2D eigenvalue weighted by molar-refractivity contribution is 6.31. The molecule has 0 unspecified atom stereocenters. The SMILES string of the molecule is COCCN(CC(=O)N(C)C)C[C@H](O)c1ccccc1Cl. The Balaban J connectivity index is 2.71. The number of benzene rings is 1. The topological polar surface area (TPSA) is 53.0 Å². The van der Waals surface area contributed by atoms with Crippen LogP contribution in [0.3, 0.4) is 0 Å². The first-order valence-electron chi connectivity index (χ1n) is 6.79. The standard InChI is InChI=1S/C15H23ClN2O3/c1-17(2)15(20)11-18(8-9-21-3)10-14(19)12-6-4-5-7-13(12)16/h4-7,14,19H,8-11H2,1-3H3/t14-/m0/s1. The van der Waals surface area contributed by atoms with Crippen LogP contribution in [0.2, 0.25) is 5.02 Å². The van der Waals surface area contributed by atoms with Gasteiger partial charge in [0, 0.05) is 44.9 Å². The van der Waals surface area contributed by atoms with E-state index < -0.39 is 6.10 Å². The first-order chi connectivity index (χ1) is 9.95. The monoisotopic (exact) mass is 314 g/mol. The molecule has 0 aliphatic heterocycles. The lowest BCUT2D eigenvalue weighted by Gasteiger charge is -2.26. The first-order valence-corrected chi connectivity index (χ1v) is 7.17. The average Bonchev–Trinajstić information content (AvgIpc) is 2.44. The molecule has 1 N–H and O–H groups in total. The minimum Gasteiger partial charge on any atom is -0.387 e. The summed E-state index contributed by atoms with van der Waals surface area (Å²) >= 11 is 6.08. The summed E-state index contributed by atoms with van der Waals surface area (Å²) in [5, 5.41) is 10.9. The Hall–Kier alpha value is -1.14. The number of methoxy groups -OCH3 is 1. The Morgan fingerprint density at radius 1 is 1.38 bits per heavy atom. The molecule has 1 aromatic rings. The zero-order valence-corrected chi connectivity index (χ0v) is 13.5. The number of likely N-dealkylation sites (N-methyl/N-ethyl adjacent to an activating group) is 1. The fourth-order valence-corrected chi connectivity index (χ4v) is 2.14. The Labute approximate surface area is 131 Å². The van der Waals surface area contributed by atoms with Gasteiger partial charge < -0.3 is 14.7 Å². The van der Waals surface area contributed by atoms with Gasteiger partial charge in [-0.25, -0.2) is 0 Å². The Kier molecular flexibility index (Phi) is 7.67. The third kappa shape index (κ3) is 6.01. The highest BCUT2D eigenvalue weighted by Gasteiger charge is 2.18. The van der Waals surface area contributed by atoms with E-state index in [1.165, 1.54) is 4.90 Å². The predicted molar refractivity (Wildman–Crippen MR) is 83.4 cm³/mol. The molecular weight excluding hydrogens is 292 g/mol. The van der Waals surface area contributed by atoms with Gasteiger partial charge in [-0.05, 0) is 6.07 Å². The van der Waals surface area contributed by atoms with Gasteiger partial charge in [0.05, 0.1) is 19.3 Å². The van der Waals surface area contributed by atoms with Crippen molar-refractivity contribution in [3.05, 3.63) is 34.9 Å². The molecule has 1 atom stereocenters. The number of aliphatic hydroxyl groups is 1. The molecule has 0 saturated carbocycles. The molecule has 5 nitrogen and oxygen atoms in total. The van der Waals surface area contributed by atoms with E-state index in [4.69, 9.17) is 16.3 Å². The molecule has 0 aromatic heterocycles. The summed E-state index contributed by atoms with van der Waals surface area (Å²) in [4.78, 5) is 15.2. The smallest absolute Gasteiger partial charge is 0.236 e. The van der Waals surface area contributed by atoms with E-state index in [-0.39, 0.29) is 12.5 Å². The quantitative estimate of drug-likeness (QED) is 0.788. The summed E-state index contributed by atoms with van der Waals surface area (Å²) < 4.78 is 5.05. The van der Waals surface area contributed by atoms with Gasteiger partial charge in [0.2, 0.25) is 5.91 Å². The second-order valence-electron chi connectivity index (χ2n) is 5.05. The zero-order chi connectivity index (χ0) is 15.8. The van der Waals surface area contributed by atoms with Crippen LogP contribution in [-0.4, -0.2) is 68.3 Å². The molecular formula is C15H23ClN2O3. The number of carbonyl (C=O) groups excluding carboxylic acids is 1. The van der Waals surface area contributed by atoms with Crippen molar-refractivity contribution in [3.8, 4) is 0 Å². The number of hydrogen-bond donors (Lipinski definition) is 1. The number of hydrogen-bond acceptors (Lipinski definition) is 4. The molecule has 1 amide bonds. The lowest BCUT2D eigenvalue weighted by molar-refractivity contribution is -0.130. The van der Waals surface area contributed by atoms with Crippen molar-refractivity contribution in [2.45, 2.75) is 6.10 Å². The second-order valence-corrected chi connectivity index (χ2v) is 5.46. The molecule has 0 saturated heterocycles. The molecule has 6 heteroatoms. The predicted octanol–water partition coefficient (Wildman–Crippen LogP) is 1.41. The molecule has 0 radical (unpaired) electrons. The van der Waals surface area contributed by atoms with Gasteiger partial charge >= 0.3 is 0 Å². The number of halogens is 1. The molecule has 0 fully saturated rings. The molecule has 0 bridgehead atoms. The van der Waals surface area contributed by atoms with E-state index >= 15 is 0 Å². The zero-order valence-electron chi connectivity index (χ0n) is 12.8. The van der Waals surface area contributed by atoms with Crippen LogP contribution >= 0.6 is 11.6 Å². The normalized spacial score (nSPS) is 12.5. The molecule has 1 rings (SSSR count). The number of carbonyl (C=O) groups is 1. The van der Waals surface area contributed by atoms with E-state index in [2.05, 4.69) is 0 Å². The van der Waals surface area contributed by atoms with Crippen LogP contribution in [-0.2, 0) is 9.53 Å². The molecule has 0 aliphatic rings. The molecule has 21 heavy (non-hydrogen) atoms. The van der Waals surface area contributed by atoms with Crippen molar-refractivity contribution in [1.29, 1.82) is 0 Å². The number of rotatable bonds is 8. The number of nitrogens with zero attached hydrogens (tertiary/aromatic N) is 2. The summed E-state index contributed by atoms with van der Waals surface area (Å²) in [6, 6.07) is 7.17. The van der Waals surface area contributed by atoms with Crippen LogP contribution in [0.1, 0.15) is 11.7 Å². The Morgan fingerprint density at radius 3 is 2.62 bits per heavy atom. The summed E-state index contributed by atoms with van der Waals surface area (Å²) in [6.45, 7) is 1.62. The summed E-state index contributed by atoms with van der Waals surface area (Å²) in [5.74, 6) is -0.0162. The maximum absolute atomic E-state index is 11.8. The van der Waals surface area contributed by atoms with Gasteiger partial charge in [-0.1, -0.05) is 29.8 Å². The Morgan fingerprint density at radius 2 is 2.05 bits per heavy atom. The van der Waals surface area contributed by atoms with Gasteiger partial charge in [-0.2, -0.15) is 0 Å². The molecule has 118 valence electrons. The van der Waals surface area contributed by atoms with Crippen LogP contribution in [0.4, 0.5) is 0 Å². The Bertz CT molecular complexity index is 454. The fourth-order valence-electron chi connectivity index (χ4n) is 1.88. The second kappa shape index (κ2) is 9.00. The van der Waals surface area contributed by atoms with Crippen LogP contribution in [0.5, 0.6) is 0 Å². The minimum atomic E-state index is -0.745. The van der Waals surface area contributed by atoms with E-state index in [0.717, 1.165) is 0 Å². The molecule has 0 aliphatic carbocycles. The minimum absolute atomic E-state index is 0.0162. The summed E-state index contributed by atoms with van der Waals surface area (Å²) in [5.41, 5.74) is 0.666. The van der Waals surface area contributed by atoms with Crippen LogP contribution in [0, 0.1) is 0 Å². The largest absolute Gasteiger partial charge is 0.387 e. The van der Waals surface area contributed by atoms with Crippen LogP contribution in [0.15, 0.2) is 24.3 Å². The van der Waals surface area contributed by atoms with Crippen LogP contribution < -0.4 is 0 Å². The van der Waals surface area contributed by atoms with Gasteiger partial charge in [0.25, 0.3) is 0 Å². The maximum Gasteiger partial charge on any atom is 0.236 e. The first kappa shape index (κ1) is 17.9. The van der Waals surface area contributed by atoms with E-state index in [1.54, 1.807) is 33.3 Å². The van der Waals surface area contributed by atoms with Gasteiger partial charge in [-0.15, -0.1) is 0 Å². The number of amides is 1. The van der Waals surface area contributed by atoms with Crippen molar-refractivity contribution in [1.82, 2.24) is 9.80 Å². The van der Waals surface area contributed by atoms with Crippen molar-refractivity contribution in [2.75, 3.05) is 47.4 Å². The lowest BCUT2D eigenvalue weighted by Crippen LogP contribution is -2.40. The highest BCUT2D eigenvalue weighted by atomic mass is 35.5. The molecule has 0 heterocycles. The molecule has 1 aromatic carbocycles. The highest BCUT2D eigenvalue weighted by Crippen LogP contribution is 2.23. The van der Waals surface area contributed by atoms with Gasteiger partial charge in [0.1, 0.15) is 0 Å². The van der Waals surface area contributed by atoms with E-state index in [9.17, 15) is 9.90 Å². The van der Waals surface area contributed by atoms with Gasteiger partial charge in [0.15, 0.2) is 0 Å². The van der Waals surface area contributed by atoms with Crippen molar-refractivity contribution in [3.63, 3.8) is 0 Å². The van der Waals surface area contributed by atoms with E-state index in [1.807, 2.05) is 17.0 Å². The average molecular weight is 315 g/mol. The lowest BCUT2D eigenvalue weighted by atomic mass is 10.1. The van der Waals surface area contributed by atoms with Crippen molar-refractivity contribution >= 4 is 17.5 Å². The third-order valence-electron chi connectivity index (χ3n) is 3.16. The van der Waals surface area contributed by atoms with Crippen molar-refractivity contribution < 1.29 is 14.6 Å². The van der Waals surface area contributed by atoms with Crippen molar-refractivity contribution in [2.24, 2.45) is 0 Å². The fraction of sp³-hybridized carbons (Fsp3) is 0.533. The molecule has 0 spiro atoms. The maximum atomic E-state index is 11.8. The summed E-state index contributed by atoms with van der Waals surface area (Å²) in [6.07, 6.45) is -0.745. The summed E-state index contributed by atoms with van der Waals surface area (Å²) in [7, 11) is 5.03.